The van der Waals surface area contributed by atoms with E-state index < -0.39 is 0 Å². The number of H-pyrrole nitrogens is 1. The van der Waals surface area contributed by atoms with Crippen molar-refractivity contribution in [3.8, 4) is 0 Å². The molecule has 3 atom stereocenters. The van der Waals surface area contributed by atoms with Gasteiger partial charge in [-0.15, -0.1) is 0 Å². The van der Waals surface area contributed by atoms with Crippen LogP contribution in [0.2, 0.25) is 0 Å². The van der Waals surface area contributed by atoms with E-state index in [9.17, 15) is 9.90 Å². The van der Waals surface area contributed by atoms with Crippen LogP contribution >= 0.6 is 0 Å². The predicted octanol–water partition coefficient (Wildman–Crippen LogP) is 4.39. The van der Waals surface area contributed by atoms with Crippen molar-refractivity contribution in [3.05, 3.63) is 65.4 Å². The number of carbonyl (C=O) groups excluding carboxylic acids is 1. The summed E-state index contributed by atoms with van der Waals surface area (Å²) in [5, 5.41) is 15.9. The van der Waals surface area contributed by atoms with Gasteiger partial charge in [-0.25, -0.2) is 0 Å². The third-order valence-corrected chi connectivity index (χ3v) is 9.23. The summed E-state index contributed by atoms with van der Waals surface area (Å²) < 4.78 is 0. The average Bonchev–Trinajstić information content (AvgIpc) is 3.48. The molecule has 1 amide bonds. The highest BCUT2D eigenvalue weighted by Gasteiger charge is 2.46. The van der Waals surface area contributed by atoms with E-state index in [1.54, 1.807) is 0 Å². The number of aryl methyl sites for hydroxylation is 1. The Hall–Kier alpha value is -2.83. The maximum atomic E-state index is 13.0. The van der Waals surface area contributed by atoms with E-state index in [-0.39, 0.29) is 23.3 Å². The number of rotatable bonds is 4. The number of piperidine rings is 2. The van der Waals surface area contributed by atoms with Gasteiger partial charge in [-0.05, 0) is 73.9 Å². The third-order valence-electron chi connectivity index (χ3n) is 9.23. The normalized spacial score (nSPS) is 25.8. The zero-order chi connectivity index (χ0) is 24.9. The number of nitrogens with zero attached hydrogens (tertiary/aromatic N) is 2. The van der Waals surface area contributed by atoms with Crippen molar-refractivity contribution >= 4 is 22.5 Å². The number of likely N-dealkylation sites (tertiary alicyclic amines) is 2. The van der Waals surface area contributed by atoms with Crippen molar-refractivity contribution in [1.82, 2.24) is 14.8 Å². The molecule has 3 aromatic rings. The quantitative estimate of drug-likeness (QED) is 0.511. The van der Waals surface area contributed by atoms with Gasteiger partial charge in [0.25, 0.3) is 5.91 Å². The minimum atomic E-state index is -0.340. The highest BCUT2D eigenvalue weighted by molar-refractivity contribution is 5.98. The van der Waals surface area contributed by atoms with E-state index in [2.05, 4.69) is 47.2 Å². The zero-order valence-electron chi connectivity index (χ0n) is 21.5. The number of carbonyl (C=O) groups is 1. The molecule has 2 aromatic carbocycles. The lowest BCUT2D eigenvalue weighted by atomic mass is 9.67. The summed E-state index contributed by atoms with van der Waals surface area (Å²) in [5.41, 5.74) is 5.96. The van der Waals surface area contributed by atoms with Crippen LogP contribution in [0, 0.1) is 18.8 Å². The van der Waals surface area contributed by atoms with Gasteiger partial charge in [0, 0.05) is 54.7 Å². The fourth-order valence-electron chi connectivity index (χ4n) is 6.93. The number of amides is 1. The molecule has 190 valence electrons. The van der Waals surface area contributed by atoms with Gasteiger partial charge in [-0.1, -0.05) is 37.3 Å². The molecule has 2 saturated heterocycles. The summed E-state index contributed by atoms with van der Waals surface area (Å²) in [4.78, 5) is 20.7. The smallest absolute Gasteiger partial charge is 0.270 e. The molecular weight excluding hydrogens is 448 g/mol. The van der Waals surface area contributed by atoms with Gasteiger partial charge in [0.05, 0.1) is 6.10 Å². The number of fused-ring (bicyclic) bond motifs is 3. The molecule has 3 unspecified atom stereocenters. The Balaban J connectivity index is 1.03. The predicted molar refractivity (Wildman–Crippen MR) is 145 cm³/mol. The standard InChI is InChI=1S/C30H38N4O2/c1-20-7-8-24-26(15-20)31-19-30(24)11-14-33(17-21(30)2)18-28(35)22-9-12-34(13-10-22)29(36)27-16-23-5-3-4-6-25(23)32-27/h3-8,15-16,21-22,28,31-32,35H,9-14,17-19H2,1-2H3. The van der Waals surface area contributed by atoms with E-state index in [1.165, 1.54) is 16.8 Å². The summed E-state index contributed by atoms with van der Waals surface area (Å²) >= 11 is 0. The Morgan fingerprint density at radius 3 is 2.72 bits per heavy atom. The van der Waals surface area contributed by atoms with Crippen LogP contribution in [0.1, 0.15) is 47.8 Å². The van der Waals surface area contributed by atoms with Gasteiger partial charge in [0.1, 0.15) is 5.69 Å². The third kappa shape index (κ3) is 4.10. The van der Waals surface area contributed by atoms with Gasteiger partial charge in [-0.3, -0.25) is 4.79 Å². The number of nitrogens with one attached hydrogen (secondary N) is 2. The van der Waals surface area contributed by atoms with Crippen LogP contribution in [0.15, 0.2) is 48.5 Å². The Morgan fingerprint density at radius 2 is 1.94 bits per heavy atom. The van der Waals surface area contributed by atoms with Crippen molar-refractivity contribution < 1.29 is 9.90 Å². The SMILES string of the molecule is Cc1ccc2c(c1)NCC21CCN(CC(O)C2CCN(C(=O)c3cc4ccccc4[nH]3)CC2)CC1C. The van der Waals surface area contributed by atoms with E-state index in [0.717, 1.165) is 56.3 Å². The minimum Gasteiger partial charge on any atom is -0.392 e. The first-order valence-electron chi connectivity index (χ1n) is 13.6. The van der Waals surface area contributed by atoms with Crippen LogP contribution in [0.3, 0.4) is 0 Å². The van der Waals surface area contributed by atoms with Crippen molar-refractivity contribution in [2.45, 2.75) is 44.6 Å². The van der Waals surface area contributed by atoms with E-state index >= 15 is 0 Å². The van der Waals surface area contributed by atoms with Gasteiger partial charge < -0.3 is 25.2 Å². The lowest BCUT2D eigenvalue weighted by Crippen LogP contribution is -2.52. The first-order chi connectivity index (χ1) is 17.4. The lowest BCUT2D eigenvalue weighted by molar-refractivity contribution is 0.0110. The van der Waals surface area contributed by atoms with Crippen molar-refractivity contribution in [2.24, 2.45) is 11.8 Å². The fourth-order valence-corrected chi connectivity index (χ4v) is 6.93. The van der Waals surface area contributed by atoms with E-state index in [0.29, 0.717) is 24.7 Å². The summed E-state index contributed by atoms with van der Waals surface area (Å²) in [6, 6.07) is 16.8. The molecule has 4 heterocycles. The molecule has 1 aromatic heterocycles. The van der Waals surface area contributed by atoms with Gasteiger partial charge >= 0.3 is 0 Å². The van der Waals surface area contributed by atoms with Crippen LogP contribution in [0.4, 0.5) is 5.69 Å². The van der Waals surface area contributed by atoms with E-state index in [4.69, 9.17) is 0 Å². The monoisotopic (exact) mass is 486 g/mol. The molecule has 36 heavy (non-hydrogen) atoms. The highest BCUT2D eigenvalue weighted by atomic mass is 16.3. The maximum Gasteiger partial charge on any atom is 0.270 e. The van der Waals surface area contributed by atoms with Gasteiger partial charge in [-0.2, -0.15) is 0 Å². The number of aliphatic hydroxyl groups excluding tert-OH is 1. The molecule has 0 radical (unpaired) electrons. The summed E-state index contributed by atoms with van der Waals surface area (Å²) in [7, 11) is 0. The van der Waals surface area contributed by atoms with Crippen molar-refractivity contribution in [2.75, 3.05) is 44.6 Å². The number of para-hydroxylation sites is 1. The highest BCUT2D eigenvalue weighted by Crippen LogP contribution is 2.47. The van der Waals surface area contributed by atoms with Crippen LogP contribution < -0.4 is 5.32 Å². The lowest BCUT2D eigenvalue weighted by Gasteiger charge is -2.46. The number of anilines is 1. The number of benzene rings is 2. The molecule has 2 fully saturated rings. The first-order valence-corrected chi connectivity index (χ1v) is 13.6. The summed E-state index contributed by atoms with van der Waals surface area (Å²) in [5.74, 6) is 0.848. The molecule has 3 aliphatic heterocycles. The summed E-state index contributed by atoms with van der Waals surface area (Å²) in [6.07, 6.45) is 2.50. The number of hydrogen-bond acceptors (Lipinski definition) is 4. The molecule has 6 nitrogen and oxygen atoms in total. The van der Waals surface area contributed by atoms with Gasteiger partial charge in [0.15, 0.2) is 0 Å². The Bertz CT molecular complexity index is 1230. The second kappa shape index (κ2) is 9.24. The number of hydrogen-bond donors (Lipinski definition) is 3. The topological polar surface area (TPSA) is 71.6 Å². The van der Waals surface area contributed by atoms with Crippen LogP contribution in [0.5, 0.6) is 0 Å². The Kier molecular flexibility index (Phi) is 6.05. The molecule has 3 aliphatic rings. The number of aromatic amines is 1. The fraction of sp³-hybridized carbons (Fsp3) is 0.500. The molecule has 6 heteroatoms. The van der Waals surface area contributed by atoms with Crippen LogP contribution in [0.25, 0.3) is 10.9 Å². The zero-order valence-corrected chi connectivity index (χ0v) is 21.5. The van der Waals surface area contributed by atoms with Crippen LogP contribution in [-0.2, 0) is 5.41 Å². The molecule has 0 aliphatic carbocycles. The van der Waals surface area contributed by atoms with Crippen LogP contribution in [-0.4, -0.2) is 71.2 Å². The molecular formula is C30H38N4O2. The van der Waals surface area contributed by atoms with Crippen molar-refractivity contribution in [1.29, 1.82) is 0 Å². The first kappa shape index (κ1) is 23.6. The molecule has 3 N–H and O–H groups in total. The second-order valence-corrected chi connectivity index (χ2v) is 11.4. The maximum absolute atomic E-state index is 13.0. The number of aromatic nitrogens is 1. The minimum absolute atomic E-state index is 0.0648. The van der Waals surface area contributed by atoms with E-state index in [1.807, 2.05) is 35.2 Å². The molecule has 6 rings (SSSR count). The largest absolute Gasteiger partial charge is 0.392 e. The van der Waals surface area contributed by atoms with Gasteiger partial charge in [0.2, 0.25) is 0 Å². The van der Waals surface area contributed by atoms with Crippen molar-refractivity contribution in [3.63, 3.8) is 0 Å². The molecule has 0 bridgehead atoms. The number of aliphatic hydroxyl groups is 1. The average molecular weight is 487 g/mol. The Morgan fingerprint density at radius 1 is 1.14 bits per heavy atom. The summed E-state index contributed by atoms with van der Waals surface area (Å²) in [6.45, 7) is 9.74. The molecule has 0 saturated carbocycles. The Labute approximate surface area is 213 Å². The second-order valence-electron chi connectivity index (χ2n) is 11.4. The molecule has 1 spiro atoms. The number of β-amino-alcohol motifs (C(OH)–C–C–N with tert-alkyl or cyclic N) is 1.